The van der Waals surface area contributed by atoms with Crippen LogP contribution in [0.25, 0.3) is 68.6 Å². The van der Waals surface area contributed by atoms with Gasteiger partial charge < -0.3 is 9.47 Å². The Morgan fingerprint density at radius 2 is 0.716 bits per heavy atom. The first-order chi connectivity index (χ1) is 47.2. The Kier molecular flexibility index (Phi) is 32.7. The van der Waals surface area contributed by atoms with E-state index in [0.29, 0.717) is 32.8 Å². The van der Waals surface area contributed by atoms with Crippen LogP contribution in [0.5, 0.6) is 11.5 Å². The fraction of sp³-hybridized carbons (Fsp3) is 0.210. The van der Waals surface area contributed by atoms with Gasteiger partial charge in [0.05, 0.1) is 14.2 Å². The fourth-order valence-electron chi connectivity index (χ4n) is 7.82. The molecule has 0 radical (unpaired) electrons. The molecule has 0 bridgehead atoms. The molecule has 0 amide bonds. The third kappa shape index (κ3) is 26.6. The zero-order chi connectivity index (χ0) is 76.3. The summed E-state index contributed by atoms with van der Waals surface area (Å²) in [5, 5.41) is 4.05. The number of methoxy groups -OCH3 is 2. The first-order valence-corrected chi connectivity index (χ1v) is 37.1. The van der Waals surface area contributed by atoms with Crippen molar-refractivity contribution >= 4 is 342 Å². The summed E-state index contributed by atoms with van der Waals surface area (Å²) in [6.07, 6.45) is 6.64. The quantitative estimate of drug-likeness (QED) is 0.0979. The van der Waals surface area contributed by atoms with E-state index >= 15 is 0 Å². The van der Waals surface area contributed by atoms with Gasteiger partial charge in [-0.2, -0.15) is 0 Å². The zero-order valence-electron chi connectivity index (χ0n) is 51.4. The highest BCUT2D eigenvalue weighted by Gasteiger charge is 2.38. The maximum Gasteiger partial charge on any atom is 0.250 e. The minimum atomic E-state index is -1.98. The van der Waals surface area contributed by atoms with Gasteiger partial charge in [-0.25, -0.2) is 59.8 Å². The summed E-state index contributed by atoms with van der Waals surface area (Å²) in [6.45, 7) is 5.46. The van der Waals surface area contributed by atoms with Crippen LogP contribution in [0.3, 0.4) is 0 Å². The van der Waals surface area contributed by atoms with Gasteiger partial charge >= 0.3 is 0 Å². The number of ketones is 1. The highest BCUT2D eigenvalue weighted by Crippen LogP contribution is 2.46. The van der Waals surface area contributed by atoms with E-state index in [9.17, 15) is 4.79 Å². The third-order valence-corrected chi connectivity index (χ3v) is 16.6. The molecule has 4 heterocycles. The molecule has 0 atom stereocenters. The maximum absolute atomic E-state index is 11.9. The molecule has 10 rings (SSSR count). The van der Waals surface area contributed by atoms with Gasteiger partial charge in [-0.05, 0) is 101 Å². The Morgan fingerprint density at radius 3 is 1.08 bits per heavy atom. The number of aromatic nitrogens is 12. The molecular formula is C62H39Cl25N12O3. The predicted molar refractivity (Wildman–Crippen MR) is 429 cm³/mol. The van der Waals surface area contributed by atoms with E-state index in [0.717, 1.165) is 33.0 Å². The molecule has 0 fully saturated rings. The number of Topliss-reactive ketones (excluding diaryl/α,β-unsaturated/α-hetero) is 1. The molecule has 0 N–H and O–H groups in total. The Bertz CT molecular complexity index is 4500. The first-order valence-electron chi connectivity index (χ1n) is 27.7. The Morgan fingerprint density at radius 1 is 0.353 bits per heavy atom. The molecule has 40 heteroatoms. The van der Waals surface area contributed by atoms with Crippen LogP contribution in [0.4, 0.5) is 0 Å². The van der Waals surface area contributed by atoms with E-state index in [4.69, 9.17) is 299 Å². The summed E-state index contributed by atoms with van der Waals surface area (Å²) < 4.78 is -4.72. The molecule has 0 spiro atoms. The monoisotopic (exact) mass is 1870 g/mol. The molecule has 0 saturated heterocycles. The molecule has 102 heavy (non-hydrogen) atoms. The summed E-state index contributed by atoms with van der Waals surface area (Å²) in [5.74, 6) is 0.719. The molecule has 15 nitrogen and oxygen atoms in total. The number of rotatable bonds is 9. The SMILES string of the molecule is CC.COc1ccc(-c2nc(C(Cl)(Cl)Cl)nc(C(Cl)(Cl)Cl)n2)c2cc(C(C)=O)ccc12.COc1ccc(/C=C/c2nc(C(Cl)(Cl)Cl)nc(C(Cl)(Cl)Cl)n2)cc1.ClC(Cl)(Cl)c1nc(-c2ccc3ccccc3c2)nc(C(Cl)(Cl)Cl)n1.Clc1ccc(/C=C/c2nc(C(Cl)(Cl)Cl)nc(C(Cl)(Cl)Cl)n2)cc1. The highest BCUT2D eigenvalue weighted by atomic mass is 35.6. The van der Waals surface area contributed by atoms with Crippen molar-refractivity contribution in [2.75, 3.05) is 14.2 Å². The molecule has 10 aromatic rings. The van der Waals surface area contributed by atoms with Crippen molar-refractivity contribution in [3.05, 3.63) is 201 Å². The van der Waals surface area contributed by atoms with Gasteiger partial charge in [-0.15, -0.1) is 0 Å². The van der Waals surface area contributed by atoms with Crippen LogP contribution in [0.1, 0.15) is 101 Å². The van der Waals surface area contributed by atoms with E-state index in [1.54, 1.807) is 73.9 Å². The van der Waals surface area contributed by atoms with Crippen LogP contribution in [0.15, 0.2) is 121 Å². The van der Waals surface area contributed by atoms with Gasteiger partial charge in [0, 0.05) is 27.1 Å². The van der Waals surface area contributed by atoms with Crippen LogP contribution in [-0.4, -0.2) is 79.8 Å². The smallest absolute Gasteiger partial charge is 0.250 e. The Labute approximate surface area is 708 Å². The normalized spacial score (nSPS) is 12.4. The number of halogens is 25. The standard InChI is InChI=1S/C18H11Cl6N3O2.C15H7Cl6N3.C14H9Cl6N3O.C13H6Cl7N3.C2H6/c1-8(28)9-3-4-10-12(7-9)11(5-6-13(10)29-2)14-25-15(17(19,20)21)27-16(26-14)18(22,23)24;16-14(17,18)12-22-11(23-13(24-12)15(19,20)21)10-6-5-8-3-1-2-4-9(8)7-10;1-24-9-5-2-8(3-6-9)4-7-10-21-11(13(15,16)17)23-12(22-10)14(18,19)20;14-8-4-1-7(2-5-8)3-6-9-21-10(12(15,16)17)23-11(22-9)13(18,19)20;1-2/h3-7H,1-2H3;1-7H;2-7H,1H3;1-6H;1-2H3/b;;7-4+;6-3+;. The van der Waals surface area contributed by atoms with Crippen molar-refractivity contribution < 1.29 is 14.3 Å². The van der Waals surface area contributed by atoms with E-state index < -0.39 is 30.3 Å². The van der Waals surface area contributed by atoms with E-state index in [1.165, 1.54) is 14.0 Å². The first kappa shape index (κ1) is 88.8. The average molecular weight is 1890 g/mol. The Balaban J connectivity index is 0.000000213. The molecule has 0 unspecified atom stereocenters. The number of carbonyl (C=O) groups is 1. The summed E-state index contributed by atoms with van der Waals surface area (Å²) in [4.78, 5) is 60.7. The van der Waals surface area contributed by atoms with Crippen molar-refractivity contribution in [2.24, 2.45) is 0 Å². The molecule has 0 aliphatic rings. The van der Waals surface area contributed by atoms with Gasteiger partial charge in [0.15, 0.2) is 75.7 Å². The van der Waals surface area contributed by atoms with Crippen molar-refractivity contribution in [3.8, 4) is 34.3 Å². The lowest BCUT2D eigenvalue weighted by atomic mass is 9.99. The van der Waals surface area contributed by atoms with Gasteiger partial charge in [-0.1, -0.05) is 383 Å². The highest BCUT2D eigenvalue weighted by molar-refractivity contribution is 6.70. The van der Waals surface area contributed by atoms with E-state index in [-0.39, 0.29) is 75.7 Å². The number of benzene rings is 6. The van der Waals surface area contributed by atoms with Crippen LogP contribution in [0, 0.1) is 0 Å². The maximum atomic E-state index is 11.9. The van der Waals surface area contributed by atoms with Gasteiger partial charge in [0.1, 0.15) is 11.5 Å². The Hall–Kier alpha value is -2.12. The molecule has 0 aliphatic heterocycles. The van der Waals surface area contributed by atoms with Crippen molar-refractivity contribution in [1.29, 1.82) is 0 Å². The van der Waals surface area contributed by atoms with Crippen molar-refractivity contribution in [3.63, 3.8) is 0 Å². The molecule has 4 aromatic heterocycles. The number of hydrogen-bond donors (Lipinski definition) is 0. The number of fused-ring (bicyclic) bond motifs is 2. The van der Waals surface area contributed by atoms with Gasteiger partial charge in [0.25, 0.3) is 0 Å². The molecule has 540 valence electrons. The van der Waals surface area contributed by atoms with E-state index in [2.05, 4.69) is 59.8 Å². The van der Waals surface area contributed by atoms with E-state index in [1.807, 2.05) is 92.7 Å². The molecule has 6 aromatic carbocycles. The lowest BCUT2D eigenvalue weighted by Gasteiger charge is -2.17. The molecule has 0 saturated carbocycles. The summed E-state index contributed by atoms with van der Waals surface area (Å²) >= 11 is 147. The number of ether oxygens (including phenoxy) is 2. The number of hydrogen-bond acceptors (Lipinski definition) is 15. The second kappa shape index (κ2) is 37.5. The largest absolute Gasteiger partial charge is 0.497 e. The lowest BCUT2D eigenvalue weighted by molar-refractivity contribution is 0.101. The fourth-order valence-corrected chi connectivity index (χ4v) is 9.98. The summed E-state index contributed by atoms with van der Waals surface area (Å²) in [5.41, 5.74) is 3.42. The van der Waals surface area contributed by atoms with Crippen molar-refractivity contribution in [1.82, 2.24) is 59.8 Å². The van der Waals surface area contributed by atoms with Gasteiger partial charge in [-0.3, -0.25) is 4.79 Å². The minimum absolute atomic E-state index is 0.107. The number of carbonyl (C=O) groups excluding carboxylic acids is 1. The lowest BCUT2D eigenvalue weighted by Crippen LogP contribution is -2.16. The topological polar surface area (TPSA) is 190 Å². The second-order valence-electron chi connectivity index (χ2n) is 19.5. The third-order valence-electron chi connectivity index (χ3n) is 12.3. The summed E-state index contributed by atoms with van der Waals surface area (Å²) in [6, 6.07) is 36.5. The molecular weight excluding hydrogens is 1850 g/mol. The minimum Gasteiger partial charge on any atom is -0.497 e. The van der Waals surface area contributed by atoms with Crippen LogP contribution >= 0.6 is 290 Å². The predicted octanol–water partition coefficient (Wildman–Crippen LogP) is 26.0. The number of alkyl halides is 24. The van der Waals surface area contributed by atoms with Crippen LogP contribution in [0.2, 0.25) is 5.02 Å². The van der Waals surface area contributed by atoms with Gasteiger partial charge in [0.2, 0.25) is 30.3 Å². The zero-order valence-corrected chi connectivity index (χ0v) is 70.3. The van der Waals surface area contributed by atoms with Crippen LogP contribution < -0.4 is 9.47 Å². The van der Waals surface area contributed by atoms with Crippen molar-refractivity contribution in [2.45, 2.75) is 51.1 Å². The average Bonchev–Trinajstić information content (AvgIpc) is 0.770. The summed E-state index contributed by atoms with van der Waals surface area (Å²) in [7, 11) is 3.13. The number of nitrogens with zero attached hydrogens (tertiary/aromatic N) is 12. The molecule has 0 aliphatic carbocycles. The van der Waals surface area contributed by atoms with Crippen LogP contribution in [-0.2, 0) is 30.3 Å². The second-order valence-corrected chi connectivity index (χ2v) is 38.1.